The van der Waals surface area contributed by atoms with Crippen molar-refractivity contribution in [2.75, 3.05) is 20.1 Å². The molecule has 1 N–H and O–H groups in total. The van der Waals surface area contributed by atoms with Crippen molar-refractivity contribution in [3.05, 3.63) is 0 Å². The minimum Gasteiger partial charge on any atom is -0.341 e. The Morgan fingerprint density at radius 3 is 2.16 bits per heavy atom. The molecule has 1 saturated heterocycles. The molecule has 1 atom stereocenters. The largest absolute Gasteiger partial charge is 0.341 e. The average molecular weight is 262 g/mol. The van der Waals surface area contributed by atoms with Crippen molar-refractivity contribution in [3.63, 3.8) is 0 Å². The monoisotopic (exact) mass is 262 g/mol. The van der Waals surface area contributed by atoms with Gasteiger partial charge in [-0.2, -0.15) is 0 Å². The van der Waals surface area contributed by atoms with Gasteiger partial charge in [0, 0.05) is 19.1 Å². The first-order chi connectivity index (χ1) is 9.18. The zero-order valence-electron chi connectivity index (χ0n) is 12.0. The number of hydrogen-bond donors (Lipinski definition) is 1. The lowest BCUT2D eigenvalue weighted by Gasteiger charge is -2.56. The highest BCUT2D eigenvalue weighted by Crippen LogP contribution is 2.60. The van der Waals surface area contributed by atoms with E-state index in [1.807, 2.05) is 7.05 Å². The second-order valence-electron chi connectivity index (χ2n) is 7.72. The van der Waals surface area contributed by atoms with Crippen molar-refractivity contribution >= 4 is 5.91 Å². The SMILES string of the molecule is CNC1CCN(C(=O)C23CC4CC(CC(C4)C2)C3)C1. The van der Waals surface area contributed by atoms with Gasteiger partial charge in [0.25, 0.3) is 0 Å². The van der Waals surface area contributed by atoms with Gasteiger partial charge in [-0.25, -0.2) is 0 Å². The number of carbonyl (C=O) groups is 1. The molecule has 0 radical (unpaired) electrons. The highest BCUT2D eigenvalue weighted by Gasteiger charge is 2.55. The maximum absolute atomic E-state index is 13.1. The molecule has 0 aromatic carbocycles. The summed E-state index contributed by atoms with van der Waals surface area (Å²) in [5, 5.41) is 3.33. The van der Waals surface area contributed by atoms with Gasteiger partial charge in [-0.3, -0.25) is 4.79 Å². The number of likely N-dealkylation sites (tertiary alicyclic amines) is 1. The van der Waals surface area contributed by atoms with E-state index in [0.29, 0.717) is 11.9 Å². The van der Waals surface area contributed by atoms with Crippen LogP contribution >= 0.6 is 0 Å². The molecule has 3 nitrogen and oxygen atoms in total. The van der Waals surface area contributed by atoms with Gasteiger partial charge < -0.3 is 10.2 Å². The third kappa shape index (κ3) is 1.84. The topological polar surface area (TPSA) is 32.3 Å². The first-order valence-corrected chi connectivity index (χ1v) is 8.15. The Morgan fingerprint density at radius 2 is 1.68 bits per heavy atom. The zero-order valence-corrected chi connectivity index (χ0v) is 12.0. The van der Waals surface area contributed by atoms with E-state index in [-0.39, 0.29) is 5.41 Å². The molecule has 19 heavy (non-hydrogen) atoms. The Labute approximate surface area is 116 Å². The van der Waals surface area contributed by atoms with Gasteiger partial charge in [0.15, 0.2) is 0 Å². The standard InChI is InChI=1S/C16H26N2O/c1-17-14-2-3-18(10-14)15(19)16-7-11-4-12(8-16)6-13(5-11)9-16/h11-14,17H,2-10H2,1H3. The fourth-order valence-electron chi connectivity index (χ4n) is 5.89. The van der Waals surface area contributed by atoms with Crippen LogP contribution in [0.2, 0.25) is 0 Å². The highest BCUT2D eigenvalue weighted by atomic mass is 16.2. The highest BCUT2D eigenvalue weighted by molar-refractivity contribution is 5.83. The fourth-order valence-corrected chi connectivity index (χ4v) is 5.89. The number of nitrogens with one attached hydrogen (secondary N) is 1. The van der Waals surface area contributed by atoms with Gasteiger partial charge >= 0.3 is 0 Å². The van der Waals surface area contributed by atoms with E-state index in [0.717, 1.165) is 37.3 Å². The molecule has 106 valence electrons. The van der Waals surface area contributed by atoms with E-state index in [1.165, 1.54) is 38.5 Å². The van der Waals surface area contributed by atoms with E-state index in [1.54, 1.807) is 0 Å². The second kappa shape index (κ2) is 4.21. The molecule has 0 spiro atoms. The third-order valence-corrected chi connectivity index (χ3v) is 6.38. The number of carbonyl (C=O) groups excluding carboxylic acids is 1. The molecule has 1 aliphatic heterocycles. The number of likely N-dealkylation sites (N-methyl/N-ethyl adjacent to an activating group) is 1. The molecule has 5 aliphatic rings. The molecule has 1 heterocycles. The Hall–Kier alpha value is -0.570. The number of amides is 1. The van der Waals surface area contributed by atoms with Gasteiger partial charge in [-0.15, -0.1) is 0 Å². The normalized spacial score (nSPS) is 47.9. The van der Waals surface area contributed by atoms with Crippen molar-refractivity contribution in [2.45, 2.75) is 51.0 Å². The molecule has 5 rings (SSSR count). The van der Waals surface area contributed by atoms with Crippen LogP contribution in [0.5, 0.6) is 0 Å². The summed E-state index contributed by atoms with van der Waals surface area (Å²) in [6.07, 6.45) is 9.02. The lowest BCUT2D eigenvalue weighted by molar-refractivity contribution is -0.156. The van der Waals surface area contributed by atoms with E-state index in [4.69, 9.17) is 0 Å². The summed E-state index contributed by atoms with van der Waals surface area (Å²) < 4.78 is 0. The van der Waals surface area contributed by atoms with Gasteiger partial charge in [0.2, 0.25) is 5.91 Å². The summed E-state index contributed by atoms with van der Waals surface area (Å²) >= 11 is 0. The van der Waals surface area contributed by atoms with Crippen LogP contribution < -0.4 is 5.32 Å². The lowest BCUT2D eigenvalue weighted by atomic mass is 9.49. The van der Waals surface area contributed by atoms with Crippen LogP contribution in [-0.2, 0) is 4.79 Å². The molecule has 1 unspecified atom stereocenters. The Bertz CT molecular complexity index is 357. The third-order valence-electron chi connectivity index (χ3n) is 6.38. The van der Waals surface area contributed by atoms with Crippen LogP contribution in [0.1, 0.15) is 44.9 Å². The van der Waals surface area contributed by atoms with Gasteiger partial charge in [-0.05, 0) is 69.7 Å². The van der Waals surface area contributed by atoms with E-state index in [9.17, 15) is 4.79 Å². The summed E-state index contributed by atoms with van der Waals surface area (Å²) in [6.45, 7) is 1.92. The minimum atomic E-state index is 0.0668. The number of hydrogen-bond acceptors (Lipinski definition) is 2. The Kier molecular flexibility index (Phi) is 2.70. The summed E-state index contributed by atoms with van der Waals surface area (Å²) in [6, 6.07) is 0.526. The maximum atomic E-state index is 13.1. The van der Waals surface area contributed by atoms with Crippen molar-refractivity contribution in [3.8, 4) is 0 Å². The molecule has 1 amide bonds. The second-order valence-corrected chi connectivity index (χ2v) is 7.72. The maximum Gasteiger partial charge on any atom is 0.228 e. The molecule has 4 bridgehead atoms. The summed E-state index contributed by atoms with van der Waals surface area (Å²) in [5.41, 5.74) is 0.0668. The van der Waals surface area contributed by atoms with Crippen LogP contribution in [0.3, 0.4) is 0 Å². The van der Waals surface area contributed by atoms with Gasteiger partial charge in [0.05, 0.1) is 5.41 Å². The van der Waals surface area contributed by atoms with Crippen molar-refractivity contribution in [1.82, 2.24) is 10.2 Å². The fraction of sp³-hybridized carbons (Fsp3) is 0.938. The smallest absolute Gasteiger partial charge is 0.228 e. The van der Waals surface area contributed by atoms with Crippen molar-refractivity contribution in [2.24, 2.45) is 23.2 Å². The first-order valence-electron chi connectivity index (χ1n) is 8.15. The zero-order chi connectivity index (χ0) is 13.0. The number of nitrogens with zero attached hydrogens (tertiary/aromatic N) is 1. The van der Waals surface area contributed by atoms with Crippen molar-refractivity contribution < 1.29 is 4.79 Å². The minimum absolute atomic E-state index is 0.0668. The molecule has 3 heteroatoms. The summed E-state index contributed by atoms with van der Waals surface area (Å²) in [7, 11) is 2.02. The van der Waals surface area contributed by atoms with Crippen LogP contribution in [0.4, 0.5) is 0 Å². The van der Waals surface area contributed by atoms with Crippen LogP contribution in [0, 0.1) is 23.2 Å². The molecular formula is C16H26N2O. The molecule has 0 aromatic rings. The summed E-state index contributed by atoms with van der Waals surface area (Å²) in [5.74, 6) is 3.14. The number of rotatable bonds is 2. The Morgan fingerprint density at radius 1 is 1.11 bits per heavy atom. The van der Waals surface area contributed by atoms with Crippen molar-refractivity contribution in [1.29, 1.82) is 0 Å². The van der Waals surface area contributed by atoms with Crippen LogP contribution in [-0.4, -0.2) is 37.0 Å². The lowest BCUT2D eigenvalue weighted by Crippen LogP contribution is -2.54. The van der Waals surface area contributed by atoms with Gasteiger partial charge in [-0.1, -0.05) is 0 Å². The van der Waals surface area contributed by atoms with E-state index in [2.05, 4.69) is 10.2 Å². The summed E-state index contributed by atoms with van der Waals surface area (Å²) in [4.78, 5) is 15.2. The average Bonchev–Trinajstić information content (AvgIpc) is 2.84. The first kappa shape index (κ1) is 12.2. The van der Waals surface area contributed by atoms with Crippen LogP contribution in [0.15, 0.2) is 0 Å². The molecule has 4 aliphatic carbocycles. The quantitative estimate of drug-likeness (QED) is 0.826. The van der Waals surface area contributed by atoms with E-state index >= 15 is 0 Å². The molecule has 0 aromatic heterocycles. The Balaban J connectivity index is 1.53. The molecule has 5 fully saturated rings. The molecule has 4 saturated carbocycles. The van der Waals surface area contributed by atoms with E-state index < -0.39 is 0 Å². The predicted octanol–water partition coefficient (Wildman–Crippen LogP) is 2.02. The molecular weight excluding hydrogens is 236 g/mol. The predicted molar refractivity (Wildman–Crippen MR) is 74.6 cm³/mol. The van der Waals surface area contributed by atoms with Gasteiger partial charge in [0.1, 0.15) is 0 Å². The van der Waals surface area contributed by atoms with Crippen LogP contribution in [0.25, 0.3) is 0 Å².